The van der Waals surface area contributed by atoms with Crippen molar-refractivity contribution >= 4 is 22.7 Å². The van der Waals surface area contributed by atoms with E-state index in [0.717, 1.165) is 10.7 Å². The van der Waals surface area contributed by atoms with Crippen molar-refractivity contribution in [2.24, 2.45) is 0 Å². The molecule has 0 saturated heterocycles. The Morgan fingerprint density at radius 1 is 1.06 bits per heavy atom. The van der Waals surface area contributed by atoms with Gasteiger partial charge in [-0.1, -0.05) is 23.8 Å². The lowest BCUT2D eigenvalue weighted by molar-refractivity contribution is 1.34. The Labute approximate surface area is 115 Å². The normalized spacial score (nSPS) is 10.8. The number of rotatable bonds is 2. The predicted molar refractivity (Wildman–Crippen MR) is 80.3 cm³/mol. The maximum absolute atomic E-state index is 4.75. The molecule has 0 fully saturated rings. The maximum atomic E-state index is 4.75. The van der Waals surface area contributed by atoms with Gasteiger partial charge in [0.25, 0.3) is 0 Å². The van der Waals surface area contributed by atoms with Crippen molar-refractivity contribution in [1.82, 2.24) is 4.98 Å². The molecule has 3 rings (SSSR count). The van der Waals surface area contributed by atoms with Crippen molar-refractivity contribution in [3.63, 3.8) is 0 Å². The average Bonchev–Trinajstić information content (AvgIpc) is 3.00. The highest BCUT2D eigenvalue weighted by Crippen LogP contribution is 2.32. The Kier molecular flexibility index (Phi) is 3.02. The van der Waals surface area contributed by atoms with Crippen molar-refractivity contribution in [1.29, 1.82) is 0 Å². The maximum Gasteiger partial charge on any atom is 0.134 e. The van der Waals surface area contributed by atoms with Gasteiger partial charge >= 0.3 is 0 Å². The van der Waals surface area contributed by atoms with Crippen molar-refractivity contribution in [2.75, 3.05) is 0 Å². The van der Waals surface area contributed by atoms with Crippen molar-refractivity contribution in [2.45, 2.75) is 13.8 Å². The topological polar surface area (TPSA) is 12.9 Å². The average molecular weight is 271 g/mol. The minimum Gasteiger partial charge on any atom is -0.235 e. The lowest BCUT2D eigenvalue weighted by Crippen LogP contribution is -1.85. The summed E-state index contributed by atoms with van der Waals surface area (Å²) in [6, 6.07) is 10.7. The molecule has 90 valence electrons. The van der Waals surface area contributed by atoms with Crippen LogP contribution >= 0.6 is 22.7 Å². The first kappa shape index (κ1) is 11.6. The van der Waals surface area contributed by atoms with Gasteiger partial charge in [-0.2, -0.15) is 0 Å². The number of hydrogen-bond donors (Lipinski definition) is 0. The third kappa shape index (κ3) is 2.11. The minimum atomic E-state index is 1.09. The van der Waals surface area contributed by atoms with Crippen LogP contribution in [0.4, 0.5) is 0 Å². The fourth-order valence-electron chi connectivity index (χ4n) is 1.92. The van der Waals surface area contributed by atoms with Gasteiger partial charge in [0.1, 0.15) is 5.01 Å². The third-order valence-electron chi connectivity index (χ3n) is 2.91. The van der Waals surface area contributed by atoms with Gasteiger partial charge in [-0.15, -0.1) is 22.7 Å². The summed E-state index contributed by atoms with van der Waals surface area (Å²) in [6.45, 7) is 4.26. The van der Waals surface area contributed by atoms with Crippen LogP contribution in [0, 0.1) is 13.8 Å². The molecule has 0 aliphatic rings. The van der Waals surface area contributed by atoms with E-state index in [-0.39, 0.29) is 0 Å². The van der Waals surface area contributed by atoms with E-state index in [2.05, 4.69) is 54.9 Å². The van der Waals surface area contributed by atoms with Crippen LogP contribution in [0.15, 0.2) is 41.1 Å². The molecule has 0 N–H and O–H groups in total. The highest BCUT2D eigenvalue weighted by Gasteiger charge is 2.09. The molecule has 0 aliphatic heterocycles. The number of thiazole rings is 1. The molecule has 2 heterocycles. The number of hydrogen-bond acceptors (Lipinski definition) is 3. The lowest BCUT2D eigenvalue weighted by Gasteiger charge is -2.03. The smallest absolute Gasteiger partial charge is 0.134 e. The van der Waals surface area contributed by atoms with Gasteiger partial charge in [0.15, 0.2) is 0 Å². The Hall–Kier alpha value is -1.45. The van der Waals surface area contributed by atoms with Crippen LogP contribution in [0.2, 0.25) is 0 Å². The highest BCUT2D eigenvalue weighted by atomic mass is 32.1. The molecule has 0 spiro atoms. The van der Waals surface area contributed by atoms with E-state index >= 15 is 0 Å². The zero-order valence-electron chi connectivity index (χ0n) is 10.3. The van der Waals surface area contributed by atoms with Crippen molar-refractivity contribution in [3.8, 4) is 21.1 Å². The summed E-state index contributed by atoms with van der Waals surface area (Å²) in [7, 11) is 0. The molecule has 0 saturated carbocycles. The lowest BCUT2D eigenvalue weighted by atomic mass is 10.0. The van der Waals surface area contributed by atoms with Crippen molar-refractivity contribution < 1.29 is 0 Å². The number of thiophene rings is 1. The molecule has 0 bridgehead atoms. The van der Waals surface area contributed by atoms with Gasteiger partial charge in [-0.3, -0.25) is 0 Å². The van der Waals surface area contributed by atoms with Gasteiger partial charge in [-0.25, -0.2) is 4.98 Å². The molecule has 3 heteroatoms. The number of aryl methyl sites for hydroxylation is 2. The largest absolute Gasteiger partial charge is 0.235 e. The van der Waals surface area contributed by atoms with E-state index in [4.69, 9.17) is 4.98 Å². The van der Waals surface area contributed by atoms with Crippen LogP contribution in [0.1, 0.15) is 11.1 Å². The van der Waals surface area contributed by atoms with E-state index in [9.17, 15) is 0 Å². The van der Waals surface area contributed by atoms with E-state index in [1.807, 2.05) is 0 Å². The molecule has 2 aromatic heterocycles. The Morgan fingerprint density at radius 2 is 1.94 bits per heavy atom. The van der Waals surface area contributed by atoms with Crippen LogP contribution in [-0.2, 0) is 0 Å². The molecule has 0 atom stereocenters. The summed E-state index contributed by atoms with van der Waals surface area (Å²) in [6.07, 6.45) is 0. The second kappa shape index (κ2) is 4.67. The van der Waals surface area contributed by atoms with Crippen LogP contribution in [0.3, 0.4) is 0 Å². The number of aromatic nitrogens is 1. The quantitative estimate of drug-likeness (QED) is 0.627. The second-order valence-electron chi connectivity index (χ2n) is 4.33. The van der Waals surface area contributed by atoms with E-state index in [0.29, 0.717) is 0 Å². The summed E-state index contributed by atoms with van der Waals surface area (Å²) in [4.78, 5) is 6.00. The Bertz CT molecular complexity index is 666. The summed E-state index contributed by atoms with van der Waals surface area (Å²) in [5, 5.41) is 5.35. The Morgan fingerprint density at radius 3 is 2.72 bits per heavy atom. The third-order valence-corrected chi connectivity index (χ3v) is 4.79. The first-order valence-electron chi connectivity index (χ1n) is 5.81. The van der Waals surface area contributed by atoms with E-state index in [1.165, 1.54) is 21.6 Å². The summed E-state index contributed by atoms with van der Waals surface area (Å²) < 4.78 is 0. The van der Waals surface area contributed by atoms with Crippen LogP contribution in [0.5, 0.6) is 0 Å². The van der Waals surface area contributed by atoms with E-state index in [1.54, 1.807) is 22.7 Å². The van der Waals surface area contributed by atoms with Gasteiger partial charge < -0.3 is 0 Å². The second-order valence-corrected chi connectivity index (χ2v) is 6.14. The zero-order chi connectivity index (χ0) is 12.5. The molecule has 0 amide bonds. The molecule has 0 unspecified atom stereocenters. The van der Waals surface area contributed by atoms with E-state index < -0.39 is 0 Å². The first-order valence-corrected chi connectivity index (χ1v) is 7.57. The summed E-state index contributed by atoms with van der Waals surface area (Å²) in [5.41, 5.74) is 4.89. The molecule has 0 aliphatic carbocycles. The predicted octanol–water partition coefficient (Wildman–Crippen LogP) is 5.16. The van der Waals surface area contributed by atoms with Gasteiger partial charge in [0.05, 0.1) is 10.6 Å². The van der Waals surface area contributed by atoms with Crippen LogP contribution < -0.4 is 0 Å². The number of nitrogens with zero attached hydrogens (tertiary/aromatic N) is 1. The van der Waals surface area contributed by atoms with Crippen LogP contribution in [0.25, 0.3) is 21.1 Å². The number of benzene rings is 1. The molecule has 18 heavy (non-hydrogen) atoms. The van der Waals surface area contributed by atoms with Gasteiger partial charge in [0, 0.05) is 10.9 Å². The molecule has 1 aromatic carbocycles. The standard InChI is InChI=1S/C15H13NS2/c1-10-5-6-11(2)12(8-10)13-9-18-15(16-13)14-4-3-7-17-14/h3-9H,1-2H3. The van der Waals surface area contributed by atoms with Crippen LogP contribution in [-0.4, -0.2) is 4.98 Å². The fourth-order valence-corrected chi connectivity index (χ4v) is 3.56. The first-order chi connectivity index (χ1) is 8.74. The Balaban J connectivity index is 2.05. The van der Waals surface area contributed by atoms with Crippen molar-refractivity contribution in [3.05, 3.63) is 52.2 Å². The zero-order valence-corrected chi connectivity index (χ0v) is 11.9. The van der Waals surface area contributed by atoms with Gasteiger partial charge in [0.2, 0.25) is 0 Å². The summed E-state index contributed by atoms with van der Waals surface area (Å²) in [5.74, 6) is 0. The molecule has 1 nitrogen and oxygen atoms in total. The summed E-state index contributed by atoms with van der Waals surface area (Å²) >= 11 is 3.46. The fraction of sp³-hybridized carbons (Fsp3) is 0.133. The molecular formula is C15H13NS2. The minimum absolute atomic E-state index is 1.09. The molecular weight excluding hydrogens is 258 g/mol. The highest BCUT2D eigenvalue weighted by molar-refractivity contribution is 7.20. The van der Waals surface area contributed by atoms with Gasteiger partial charge in [-0.05, 0) is 36.9 Å². The molecule has 3 aromatic rings. The molecule has 0 radical (unpaired) electrons. The SMILES string of the molecule is Cc1ccc(C)c(-c2csc(-c3cccs3)n2)c1. The monoisotopic (exact) mass is 271 g/mol.